The zero-order valence-corrected chi connectivity index (χ0v) is 24.4. The third kappa shape index (κ3) is 4.95. The number of anilines is 4. The molecule has 1 fully saturated rings. The molecule has 8 rings (SSSR count). The van der Waals surface area contributed by atoms with Gasteiger partial charge in [0.2, 0.25) is 0 Å². The molecular formula is C35H30FN7O. The first-order chi connectivity index (χ1) is 21.4. The number of pyridine rings is 3. The number of ether oxygens (including phenoxy) is 1. The quantitative estimate of drug-likeness (QED) is 0.181. The summed E-state index contributed by atoms with van der Waals surface area (Å²) >= 11 is 0. The van der Waals surface area contributed by atoms with Gasteiger partial charge in [-0.05, 0) is 98.5 Å². The van der Waals surface area contributed by atoms with E-state index >= 15 is 4.39 Å². The van der Waals surface area contributed by atoms with Gasteiger partial charge in [0.15, 0.2) is 5.82 Å². The van der Waals surface area contributed by atoms with E-state index in [1.54, 1.807) is 12.4 Å². The molecule has 3 N–H and O–H groups in total. The predicted molar refractivity (Wildman–Crippen MR) is 172 cm³/mol. The third-order valence-electron chi connectivity index (χ3n) is 8.35. The van der Waals surface area contributed by atoms with E-state index < -0.39 is 6.10 Å². The second-order valence-electron chi connectivity index (χ2n) is 11.6. The molecule has 44 heavy (non-hydrogen) atoms. The molecule has 0 spiro atoms. The Bertz CT molecular complexity index is 2090. The van der Waals surface area contributed by atoms with E-state index in [1.807, 2.05) is 80.6 Å². The zero-order valence-electron chi connectivity index (χ0n) is 24.4. The molecule has 6 heterocycles. The standard InChI is InChI=1S/C35H30FN7O/c1-19-13-23(11-12-37-19)40-22-4-8-29-32(16-22)43-35(42-29)30-9-5-24(18-38-30)41-31-14-20(2)39-28-7-3-21(15-27(28)31)26-17-25-6-10-33(44-25)34(26)36/h3-5,7-9,11-16,18,25,33H,6,10,17H2,1-2H3,(H,37,40)(H,39,41)(H,42,43)/t25-,33+/m0/s1. The Labute approximate surface area is 253 Å². The summed E-state index contributed by atoms with van der Waals surface area (Å²) in [6.45, 7) is 3.94. The van der Waals surface area contributed by atoms with Gasteiger partial charge in [-0.25, -0.2) is 9.37 Å². The molecule has 4 aromatic heterocycles. The van der Waals surface area contributed by atoms with Crippen LogP contribution in [-0.2, 0) is 4.74 Å². The number of imidazole rings is 1. The van der Waals surface area contributed by atoms with Gasteiger partial charge in [0.05, 0.1) is 34.5 Å². The Balaban J connectivity index is 1.05. The highest BCUT2D eigenvalue weighted by Gasteiger charge is 2.36. The van der Waals surface area contributed by atoms with Crippen molar-refractivity contribution < 1.29 is 9.13 Å². The van der Waals surface area contributed by atoms with Gasteiger partial charge in [-0.15, -0.1) is 0 Å². The van der Waals surface area contributed by atoms with Crippen LogP contribution in [0, 0.1) is 13.8 Å². The highest BCUT2D eigenvalue weighted by Crippen LogP contribution is 2.42. The Morgan fingerprint density at radius 3 is 2.55 bits per heavy atom. The van der Waals surface area contributed by atoms with Crippen LogP contribution in [0.2, 0.25) is 0 Å². The van der Waals surface area contributed by atoms with E-state index in [1.165, 1.54) is 0 Å². The number of rotatable bonds is 6. The number of H-pyrrole nitrogens is 1. The van der Waals surface area contributed by atoms with Gasteiger partial charge >= 0.3 is 0 Å². The number of fused-ring (bicyclic) bond motifs is 4. The lowest BCUT2D eigenvalue weighted by Crippen LogP contribution is -2.19. The van der Waals surface area contributed by atoms with Crippen LogP contribution < -0.4 is 10.6 Å². The number of aryl methyl sites for hydroxylation is 2. The first-order valence-electron chi connectivity index (χ1n) is 14.8. The summed E-state index contributed by atoms with van der Waals surface area (Å²) in [7, 11) is 0. The van der Waals surface area contributed by atoms with Crippen LogP contribution >= 0.6 is 0 Å². The summed E-state index contributed by atoms with van der Waals surface area (Å²) < 4.78 is 21.0. The number of hydrogen-bond acceptors (Lipinski definition) is 7. The summed E-state index contributed by atoms with van der Waals surface area (Å²) in [6, 6.07) is 21.9. The van der Waals surface area contributed by atoms with Crippen LogP contribution in [0.25, 0.3) is 39.0 Å². The average Bonchev–Trinajstić information content (AvgIpc) is 3.63. The van der Waals surface area contributed by atoms with Crippen LogP contribution in [0.3, 0.4) is 0 Å². The summed E-state index contributed by atoms with van der Waals surface area (Å²) in [5, 5.41) is 7.87. The molecule has 6 aromatic rings. The first kappa shape index (κ1) is 26.5. The van der Waals surface area contributed by atoms with Gasteiger partial charge in [-0.1, -0.05) is 6.07 Å². The van der Waals surface area contributed by atoms with Crippen molar-refractivity contribution in [3.05, 3.63) is 102 Å². The van der Waals surface area contributed by atoms with Crippen molar-refractivity contribution in [2.24, 2.45) is 0 Å². The molecule has 2 aliphatic rings. The van der Waals surface area contributed by atoms with E-state index in [0.29, 0.717) is 12.2 Å². The van der Waals surface area contributed by atoms with Gasteiger partial charge in [0.25, 0.3) is 0 Å². The summed E-state index contributed by atoms with van der Waals surface area (Å²) in [5.74, 6) is 0.563. The van der Waals surface area contributed by atoms with Crippen LogP contribution in [0.15, 0.2) is 85.0 Å². The van der Waals surface area contributed by atoms with Gasteiger partial charge in [0.1, 0.15) is 17.6 Å². The predicted octanol–water partition coefficient (Wildman–Crippen LogP) is 8.30. The fourth-order valence-electron chi connectivity index (χ4n) is 6.23. The fraction of sp³-hybridized carbons (Fsp3) is 0.200. The molecule has 2 bridgehead atoms. The lowest BCUT2D eigenvalue weighted by Gasteiger charge is -2.23. The zero-order chi connectivity index (χ0) is 29.8. The van der Waals surface area contributed by atoms with Crippen molar-refractivity contribution in [3.63, 3.8) is 0 Å². The fourth-order valence-corrected chi connectivity index (χ4v) is 6.23. The van der Waals surface area contributed by atoms with Crippen LogP contribution in [-0.4, -0.2) is 37.1 Å². The SMILES string of the molecule is Cc1cc(Nc2ccc3nc(-c4ccc(Nc5cc(C)nc6ccc(C7=C(F)[C@H]8CC[C@@H](C7)O8)cc56)cn4)[nH]c3c2)ccn1. The van der Waals surface area contributed by atoms with E-state index in [9.17, 15) is 0 Å². The lowest BCUT2D eigenvalue weighted by molar-refractivity contribution is 0.0463. The Kier molecular flexibility index (Phi) is 6.34. The molecule has 9 heteroatoms. The molecular weight excluding hydrogens is 553 g/mol. The van der Waals surface area contributed by atoms with E-state index in [4.69, 9.17) is 19.7 Å². The molecule has 1 saturated heterocycles. The average molecular weight is 584 g/mol. The monoisotopic (exact) mass is 583 g/mol. The van der Waals surface area contributed by atoms with E-state index in [-0.39, 0.29) is 11.9 Å². The minimum atomic E-state index is -0.403. The molecule has 0 radical (unpaired) electrons. The topological polar surface area (TPSA) is 101 Å². The minimum Gasteiger partial charge on any atom is -0.368 e. The van der Waals surface area contributed by atoms with E-state index in [0.717, 1.165) is 85.7 Å². The Morgan fingerprint density at radius 2 is 1.68 bits per heavy atom. The highest BCUT2D eigenvalue weighted by atomic mass is 19.1. The maximum absolute atomic E-state index is 15.2. The smallest absolute Gasteiger partial charge is 0.157 e. The second-order valence-corrected chi connectivity index (χ2v) is 11.6. The van der Waals surface area contributed by atoms with Crippen molar-refractivity contribution >= 4 is 50.3 Å². The molecule has 218 valence electrons. The normalized spacial score (nSPS) is 17.9. The van der Waals surface area contributed by atoms with Gasteiger partial charge < -0.3 is 20.4 Å². The van der Waals surface area contributed by atoms with Crippen LogP contribution in [0.4, 0.5) is 27.1 Å². The van der Waals surface area contributed by atoms with Crippen molar-refractivity contribution in [3.8, 4) is 11.5 Å². The molecule has 0 aliphatic carbocycles. The molecule has 0 saturated carbocycles. The van der Waals surface area contributed by atoms with Crippen molar-refractivity contribution in [1.29, 1.82) is 0 Å². The van der Waals surface area contributed by atoms with Crippen molar-refractivity contribution in [1.82, 2.24) is 24.9 Å². The van der Waals surface area contributed by atoms with Crippen LogP contribution in [0.5, 0.6) is 0 Å². The van der Waals surface area contributed by atoms with Crippen LogP contribution in [0.1, 0.15) is 36.2 Å². The maximum atomic E-state index is 15.2. The summed E-state index contributed by atoms with van der Waals surface area (Å²) in [6.07, 6.45) is 5.55. The van der Waals surface area contributed by atoms with Gasteiger partial charge in [-0.2, -0.15) is 0 Å². The van der Waals surface area contributed by atoms with Crippen molar-refractivity contribution in [2.45, 2.75) is 45.3 Å². The highest BCUT2D eigenvalue weighted by molar-refractivity contribution is 5.95. The first-order valence-corrected chi connectivity index (χ1v) is 14.8. The van der Waals surface area contributed by atoms with Gasteiger partial charge in [-0.3, -0.25) is 15.0 Å². The summed E-state index contributed by atoms with van der Waals surface area (Å²) in [5.41, 5.74) is 10.5. The molecule has 0 unspecified atom stereocenters. The van der Waals surface area contributed by atoms with Crippen molar-refractivity contribution in [2.75, 3.05) is 10.6 Å². The number of benzene rings is 2. The minimum absolute atomic E-state index is 0.102. The number of aromatic nitrogens is 5. The largest absolute Gasteiger partial charge is 0.368 e. The number of nitrogens with zero attached hydrogens (tertiary/aromatic N) is 4. The molecule has 2 aromatic carbocycles. The summed E-state index contributed by atoms with van der Waals surface area (Å²) in [4.78, 5) is 21.8. The Hall–Kier alpha value is -5.15. The molecule has 0 amide bonds. The molecule has 8 nitrogen and oxygen atoms in total. The number of nitrogens with one attached hydrogen (secondary N) is 3. The second kappa shape index (κ2) is 10.5. The van der Waals surface area contributed by atoms with Gasteiger partial charge in [0, 0.05) is 46.5 Å². The molecule has 2 aliphatic heterocycles. The number of halogens is 1. The number of aromatic amines is 1. The Morgan fingerprint density at radius 1 is 0.818 bits per heavy atom. The third-order valence-corrected chi connectivity index (χ3v) is 8.35. The number of hydrogen-bond donors (Lipinski definition) is 3. The maximum Gasteiger partial charge on any atom is 0.157 e. The molecule has 2 atom stereocenters. The van der Waals surface area contributed by atoms with E-state index in [2.05, 4.69) is 20.6 Å². The lowest BCUT2D eigenvalue weighted by atomic mass is 9.96.